The van der Waals surface area contributed by atoms with Crippen LogP contribution in [0.2, 0.25) is 0 Å². The number of para-hydroxylation sites is 2. The van der Waals surface area contributed by atoms with E-state index in [2.05, 4.69) is 29.4 Å². The van der Waals surface area contributed by atoms with Crippen molar-refractivity contribution in [2.75, 3.05) is 11.1 Å². The number of fused-ring (bicyclic) bond motifs is 1. The lowest BCUT2D eigenvalue weighted by molar-refractivity contribution is -0.115. The molecule has 0 unspecified atom stereocenters. The van der Waals surface area contributed by atoms with Crippen molar-refractivity contribution in [1.82, 2.24) is 4.98 Å². The topological polar surface area (TPSA) is 42.0 Å². The average molecular weight is 336 g/mol. The van der Waals surface area contributed by atoms with E-state index < -0.39 is 0 Å². The van der Waals surface area contributed by atoms with E-state index in [1.807, 2.05) is 48.5 Å². The summed E-state index contributed by atoms with van der Waals surface area (Å²) in [7, 11) is 0. The first-order valence-corrected chi connectivity index (χ1v) is 9.11. The standard InChI is InChI=1S/C20H20N2OS/c1-2-15-7-3-5-9-17(15)21-19(23)13-14-24-20-12-11-16-8-4-6-10-18(16)22-20/h3-12H,2,13-14H2,1H3,(H,21,23). The highest BCUT2D eigenvalue weighted by Crippen LogP contribution is 2.21. The average Bonchev–Trinajstić information content (AvgIpc) is 2.62. The Kier molecular flexibility index (Phi) is 5.49. The number of pyridine rings is 1. The van der Waals surface area contributed by atoms with Crippen LogP contribution in [-0.2, 0) is 11.2 Å². The molecule has 2 aromatic carbocycles. The van der Waals surface area contributed by atoms with Crippen molar-refractivity contribution in [3.05, 3.63) is 66.2 Å². The summed E-state index contributed by atoms with van der Waals surface area (Å²) < 4.78 is 0. The predicted octanol–water partition coefficient (Wildman–Crippen LogP) is 4.92. The fraction of sp³-hybridized carbons (Fsp3) is 0.200. The Morgan fingerprint density at radius 1 is 1.04 bits per heavy atom. The number of amides is 1. The first-order chi connectivity index (χ1) is 11.8. The number of carbonyl (C=O) groups is 1. The molecule has 0 atom stereocenters. The highest BCUT2D eigenvalue weighted by Gasteiger charge is 2.06. The van der Waals surface area contributed by atoms with Crippen LogP contribution in [0.1, 0.15) is 18.9 Å². The number of nitrogens with one attached hydrogen (secondary N) is 1. The molecular weight excluding hydrogens is 316 g/mol. The van der Waals surface area contributed by atoms with Gasteiger partial charge in [0.25, 0.3) is 0 Å². The van der Waals surface area contributed by atoms with Crippen LogP contribution in [0.3, 0.4) is 0 Å². The Morgan fingerprint density at radius 2 is 1.83 bits per heavy atom. The van der Waals surface area contributed by atoms with Crippen LogP contribution < -0.4 is 5.32 Å². The van der Waals surface area contributed by atoms with Crippen molar-refractivity contribution in [3.63, 3.8) is 0 Å². The zero-order valence-corrected chi connectivity index (χ0v) is 14.5. The van der Waals surface area contributed by atoms with E-state index in [1.54, 1.807) is 11.8 Å². The second kappa shape index (κ2) is 7.97. The molecule has 0 aliphatic carbocycles. The van der Waals surface area contributed by atoms with Crippen molar-refractivity contribution in [2.45, 2.75) is 24.8 Å². The molecule has 3 rings (SSSR count). The van der Waals surface area contributed by atoms with Crippen molar-refractivity contribution < 1.29 is 4.79 Å². The van der Waals surface area contributed by atoms with E-state index in [0.717, 1.165) is 33.6 Å². The molecule has 0 spiro atoms. The van der Waals surface area contributed by atoms with Gasteiger partial charge >= 0.3 is 0 Å². The summed E-state index contributed by atoms with van der Waals surface area (Å²) >= 11 is 1.61. The van der Waals surface area contributed by atoms with Gasteiger partial charge in [-0.2, -0.15) is 0 Å². The quantitative estimate of drug-likeness (QED) is 0.650. The number of benzene rings is 2. The molecule has 1 heterocycles. The van der Waals surface area contributed by atoms with Gasteiger partial charge in [0, 0.05) is 23.2 Å². The van der Waals surface area contributed by atoms with Gasteiger partial charge in [-0.3, -0.25) is 4.79 Å². The number of aromatic nitrogens is 1. The smallest absolute Gasteiger partial charge is 0.225 e. The monoisotopic (exact) mass is 336 g/mol. The number of rotatable bonds is 6. The molecule has 1 N–H and O–H groups in total. The summed E-state index contributed by atoms with van der Waals surface area (Å²) in [6, 6.07) is 20.1. The van der Waals surface area contributed by atoms with Crippen LogP contribution in [-0.4, -0.2) is 16.6 Å². The second-order valence-electron chi connectivity index (χ2n) is 5.50. The second-order valence-corrected chi connectivity index (χ2v) is 6.61. The first-order valence-electron chi connectivity index (χ1n) is 8.12. The Bertz CT molecular complexity index is 848. The zero-order chi connectivity index (χ0) is 16.8. The Labute approximate surface area is 146 Å². The normalized spacial score (nSPS) is 10.7. The highest BCUT2D eigenvalue weighted by atomic mass is 32.2. The molecule has 0 aliphatic rings. The number of anilines is 1. The molecule has 122 valence electrons. The summed E-state index contributed by atoms with van der Waals surface area (Å²) in [4.78, 5) is 16.8. The molecule has 0 bridgehead atoms. The minimum absolute atomic E-state index is 0.0455. The van der Waals surface area contributed by atoms with Gasteiger partial charge in [0.05, 0.1) is 10.5 Å². The Balaban J connectivity index is 1.54. The van der Waals surface area contributed by atoms with Crippen molar-refractivity contribution in [2.24, 2.45) is 0 Å². The molecule has 0 aliphatic heterocycles. The molecule has 1 aromatic heterocycles. The maximum absolute atomic E-state index is 12.1. The minimum atomic E-state index is 0.0455. The van der Waals surface area contributed by atoms with E-state index in [-0.39, 0.29) is 5.91 Å². The lowest BCUT2D eigenvalue weighted by Crippen LogP contribution is -2.13. The van der Waals surface area contributed by atoms with Gasteiger partial charge in [0.1, 0.15) is 0 Å². The number of aryl methyl sites for hydroxylation is 1. The van der Waals surface area contributed by atoms with E-state index >= 15 is 0 Å². The SMILES string of the molecule is CCc1ccccc1NC(=O)CCSc1ccc2ccccc2n1. The van der Waals surface area contributed by atoms with Crippen LogP contribution in [0, 0.1) is 0 Å². The number of nitrogens with zero attached hydrogens (tertiary/aromatic N) is 1. The van der Waals surface area contributed by atoms with Gasteiger partial charge in [-0.25, -0.2) is 4.98 Å². The van der Waals surface area contributed by atoms with Gasteiger partial charge in [-0.15, -0.1) is 11.8 Å². The Morgan fingerprint density at radius 3 is 2.71 bits per heavy atom. The maximum Gasteiger partial charge on any atom is 0.225 e. The summed E-state index contributed by atoms with van der Waals surface area (Å²) in [5, 5.41) is 5.09. The molecule has 0 saturated carbocycles. The van der Waals surface area contributed by atoms with E-state index in [0.29, 0.717) is 12.2 Å². The number of hydrogen-bond acceptors (Lipinski definition) is 3. The molecular formula is C20H20N2OS. The van der Waals surface area contributed by atoms with Crippen LogP contribution >= 0.6 is 11.8 Å². The van der Waals surface area contributed by atoms with Gasteiger partial charge < -0.3 is 5.32 Å². The van der Waals surface area contributed by atoms with Gasteiger partial charge in [0.15, 0.2) is 0 Å². The van der Waals surface area contributed by atoms with Crippen LogP contribution in [0.5, 0.6) is 0 Å². The fourth-order valence-electron chi connectivity index (χ4n) is 2.54. The van der Waals surface area contributed by atoms with Crippen molar-refractivity contribution in [1.29, 1.82) is 0 Å². The van der Waals surface area contributed by atoms with Crippen molar-refractivity contribution >= 4 is 34.3 Å². The van der Waals surface area contributed by atoms with Crippen LogP contribution in [0.25, 0.3) is 10.9 Å². The maximum atomic E-state index is 12.1. The molecule has 4 heteroatoms. The van der Waals surface area contributed by atoms with Crippen molar-refractivity contribution in [3.8, 4) is 0 Å². The fourth-order valence-corrected chi connectivity index (χ4v) is 3.36. The Hall–Kier alpha value is -2.33. The van der Waals surface area contributed by atoms with E-state index in [1.165, 1.54) is 0 Å². The summed E-state index contributed by atoms with van der Waals surface area (Å²) in [6.07, 6.45) is 1.38. The largest absolute Gasteiger partial charge is 0.326 e. The third-order valence-corrected chi connectivity index (χ3v) is 4.76. The minimum Gasteiger partial charge on any atom is -0.326 e. The summed E-state index contributed by atoms with van der Waals surface area (Å²) in [6.45, 7) is 2.09. The third-order valence-electron chi connectivity index (χ3n) is 3.82. The number of carbonyl (C=O) groups excluding carboxylic acids is 1. The summed E-state index contributed by atoms with van der Waals surface area (Å²) in [5.74, 6) is 0.759. The van der Waals surface area contributed by atoms with Gasteiger partial charge in [-0.05, 0) is 30.2 Å². The van der Waals surface area contributed by atoms with E-state index in [9.17, 15) is 4.79 Å². The van der Waals surface area contributed by atoms with Gasteiger partial charge in [-0.1, -0.05) is 49.4 Å². The molecule has 3 aromatic rings. The zero-order valence-electron chi connectivity index (χ0n) is 13.7. The lowest BCUT2D eigenvalue weighted by atomic mass is 10.1. The molecule has 0 saturated heterocycles. The van der Waals surface area contributed by atoms with E-state index in [4.69, 9.17) is 0 Å². The molecule has 1 amide bonds. The van der Waals surface area contributed by atoms with Crippen LogP contribution in [0.15, 0.2) is 65.7 Å². The lowest BCUT2D eigenvalue weighted by Gasteiger charge is -2.09. The molecule has 0 radical (unpaired) electrons. The predicted molar refractivity (Wildman–Crippen MR) is 102 cm³/mol. The molecule has 24 heavy (non-hydrogen) atoms. The first kappa shape index (κ1) is 16.5. The molecule has 0 fully saturated rings. The highest BCUT2D eigenvalue weighted by molar-refractivity contribution is 7.99. The van der Waals surface area contributed by atoms with Crippen LogP contribution in [0.4, 0.5) is 5.69 Å². The third kappa shape index (κ3) is 4.15. The number of hydrogen-bond donors (Lipinski definition) is 1. The molecule has 3 nitrogen and oxygen atoms in total. The van der Waals surface area contributed by atoms with Gasteiger partial charge in [0.2, 0.25) is 5.91 Å². The summed E-state index contributed by atoms with van der Waals surface area (Å²) in [5.41, 5.74) is 3.07. The number of thioether (sulfide) groups is 1.